The second-order valence-corrected chi connectivity index (χ2v) is 2.67. The van der Waals surface area contributed by atoms with Crippen LogP contribution in [0.15, 0.2) is 29.7 Å². The molecule has 4 heteroatoms. The second kappa shape index (κ2) is 5.27. The first-order valence-corrected chi connectivity index (χ1v) is 4.20. The smallest absolute Gasteiger partial charge is 0.0869 e. The molecule has 1 rings (SSSR count). The van der Waals surface area contributed by atoms with E-state index in [-0.39, 0.29) is 0 Å². The van der Waals surface area contributed by atoms with Gasteiger partial charge in [-0.15, -0.1) is 0 Å². The van der Waals surface area contributed by atoms with Crippen molar-refractivity contribution in [3.8, 4) is 0 Å². The van der Waals surface area contributed by atoms with Crippen LogP contribution >= 0.6 is 0 Å². The first-order chi connectivity index (χ1) is 6.38. The SMILES string of the molecule is NCCC/C(=N/O)c1ccncc1. The van der Waals surface area contributed by atoms with E-state index < -0.39 is 0 Å². The molecule has 3 N–H and O–H groups in total. The fourth-order valence-electron chi connectivity index (χ4n) is 1.07. The van der Waals surface area contributed by atoms with E-state index in [1.165, 1.54) is 0 Å². The maximum absolute atomic E-state index is 8.73. The summed E-state index contributed by atoms with van der Waals surface area (Å²) in [5, 5.41) is 12.0. The summed E-state index contributed by atoms with van der Waals surface area (Å²) in [6.45, 7) is 0.601. The van der Waals surface area contributed by atoms with E-state index in [9.17, 15) is 0 Å². The molecule has 0 aliphatic heterocycles. The Labute approximate surface area is 77.1 Å². The summed E-state index contributed by atoms with van der Waals surface area (Å²) in [7, 11) is 0. The molecule has 0 radical (unpaired) electrons. The summed E-state index contributed by atoms with van der Waals surface area (Å²) in [5.74, 6) is 0. The molecule has 4 nitrogen and oxygen atoms in total. The minimum atomic E-state index is 0.601. The molecule has 0 fully saturated rings. The molecular formula is C9H13N3O. The molecule has 13 heavy (non-hydrogen) atoms. The van der Waals surface area contributed by atoms with Crippen LogP contribution in [0, 0.1) is 0 Å². The highest BCUT2D eigenvalue weighted by atomic mass is 16.4. The Hall–Kier alpha value is -1.42. The van der Waals surface area contributed by atoms with Crippen molar-refractivity contribution >= 4 is 5.71 Å². The molecule has 1 aromatic heterocycles. The number of hydrogen-bond donors (Lipinski definition) is 2. The Kier molecular flexibility index (Phi) is 3.92. The predicted octanol–water partition coefficient (Wildman–Crippen LogP) is 0.999. The van der Waals surface area contributed by atoms with Crippen LogP contribution in [-0.2, 0) is 0 Å². The van der Waals surface area contributed by atoms with Crippen molar-refractivity contribution < 1.29 is 5.21 Å². The third-order valence-electron chi connectivity index (χ3n) is 1.75. The van der Waals surface area contributed by atoms with Crippen molar-refractivity contribution in [2.45, 2.75) is 12.8 Å². The fraction of sp³-hybridized carbons (Fsp3) is 0.333. The van der Waals surface area contributed by atoms with Gasteiger partial charge in [0.05, 0.1) is 5.71 Å². The van der Waals surface area contributed by atoms with Crippen molar-refractivity contribution in [1.82, 2.24) is 4.98 Å². The van der Waals surface area contributed by atoms with Gasteiger partial charge in [-0.05, 0) is 31.5 Å². The van der Waals surface area contributed by atoms with Gasteiger partial charge in [0.1, 0.15) is 0 Å². The van der Waals surface area contributed by atoms with E-state index in [0.717, 1.165) is 12.0 Å². The van der Waals surface area contributed by atoms with E-state index in [2.05, 4.69) is 10.1 Å². The number of nitrogens with two attached hydrogens (primary N) is 1. The number of rotatable bonds is 4. The molecule has 0 bridgehead atoms. The highest BCUT2D eigenvalue weighted by Crippen LogP contribution is 2.04. The van der Waals surface area contributed by atoms with Crippen molar-refractivity contribution in [2.75, 3.05) is 6.54 Å². The van der Waals surface area contributed by atoms with Crippen LogP contribution in [0.3, 0.4) is 0 Å². The average molecular weight is 179 g/mol. The zero-order chi connectivity index (χ0) is 9.52. The molecule has 0 aliphatic carbocycles. The van der Waals surface area contributed by atoms with E-state index in [4.69, 9.17) is 10.9 Å². The Bertz CT molecular complexity index is 271. The zero-order valence-corrected chi connectivity index (χ0v) is 7.35. The highest BCUT2D eigenvalue weighted by Gasteiger charge is 2.02. The van der Waals surface area contributed by atoms with E-state index in [1.807, 2.05) is 12.1 Å². The lowest BCUT2D eigenvalue weighted by molar-refractivity contribution is 0.318. The molecular weight excluding hydrogens is 166 g/mol. The molecule has 1 aromatic rings. The van der Waals surface area contributed by atoms with Crippen LogP contribution in [0.4, 0.5) is 0 Å². The minimum Gasteiger partial charge on any atom is -0.411 e. The summed E-state index contributed by atoms with van der Waals surface area (Å²) in [5.41, 5.74) is 6.92. The lowest BCUT2D eigenvalue weighted by Gasteiger charge is -2.02. The number of hydrogen-bond acceptors (Lipinski definition) is 4. The monoisotopic (exact) mass is 179 g/mol. The number of aromatic nitrogens is 1. The summed E-state index contributed by atoms with van der Waals surface area (Å²) in [4.78, 5) is 3.88. The molecule has 0 spiro atoms. The number of nitrogens with zero attached hydrogens (tertiary/aromatic N) is 2. The fourth-order valence-corrected chi connectivity index (χ4v) is 1.07. The number of oxime groups is 1. The van der Waals surface area contributed by atoms with E-state index in [1.54, 1.807) is 12.4 Å². The van der Waals surface area contributed by atoms with Gasteiger partial charge in [0.15, 0.2) is 0 Å². The molecule has 70 valence electrons. The maximum Gasteiger partial charge on any atom is 0.0869 e. The third kappa shape index (κ3) is 2.83. The maximum atomic E-state index is 8.73. The third-order valence-corrected chi connectivity index (χ3v) is 1.75. The van der Waals surface area contributed by atoms with Crippen molar-refractivity contribution in [3.63, 3.8) is 0 Å². The van der Waals surface area contributed by atoms with Crippen LogP contribution < -0.4 is 5.73 Å². The van der Waals surface area contributed by atoms with Gasteiger partial charge >= 0.3 is 0 Å². The molecule has 0 amide bonds. The highest BCUT2D eigenvalue weighted by molar-refractivity contribution is 5.99. The number of pyridine rings is 1. The molecule has 0 atom stereocenters. The largest absolute Gasteiger partial charge is 0.411 e. The van der Waals surface area contributed by atoms with Gasteiger partial charge in [-0.3, -0.25) is 4.98 Å². The first kappa shape index (κ1) is 9.67. The summed E-state index contributed by atoms with van der Waals surface area (Å²) in [6, 6.07) is 3.62. The molecule has 0 saturated carbocycles. The predicted molar refractivity (Wildman–Crippen MR) is 50.8 cm³/mol. The van der Waals surface area contributed by atoms with Gasteiger partial charge in [0.25, 0.3) is 0 Å². The topological polar surface area (TPSA) is 71.5 Å². The van der Waals surface area contributed by atoms with Crippen molar-refractivity contribution in [3.05, 3.63) is 30.1 Å². The molecule has 0 unspecified atom stereocenters. The zero-order valence-electron chi connectivity index (χ0n) is 7.35. The Morgan fingerprint density at radius 2 is 2.15 bits per heavy atom. The standard InChI is InChI=1S/C9H13N3O/c10-5-1-2-9(12-13)8-3-6-11-7-4-8/h3-4,6-7,13H,1-2,5,10H2/b12-9-. The minimum absolute atomic E-state index is 0.601. The molecule has 0 aliphatic rings. The quantitative estimate of drug-likeness (QED) is 0.411. The van der Waals surface area contributed by atoms with Crippen LogP contribution in [-0.4, -0.2) is 22.4 Å². The van der Waals surface area contributed by atoms with Crippen LogP contribution in [0.25, 0.3) is 0 Å². The lowest BCUT2D eigenvalue weighted by Crippen LogP contribution is -2.06. The Morgan fingerprint density at radius 1 is 1.46 bits per heavy atom. The van der Waals surface area contributed by atoms with E-state index >= 15 is 0 Å². The van der Waals surface area contributed by atoms with Gasteiger partial charge in [-0.25, -0.2) is 0 Å². The van der Waals surface area contributed by atoms with Crippen LogP contribution in [0.1, 0.15) is 18.4 Å². The van der Waals surface area contributed by atoms with Crippen LogP contribution in [0.2, 0.25) is 0 Å². The molecule has 0 saturated heterocycles. The van der Waals surface area contributed by atoms with Gasteiger partial charge in [0.2, 0.25) is 0 Å². The summed E-state index contributed by atoms with van der Waals surface area (Å²) >= 11 is 0. The normalized spacial score (nSPS) is 11.6. The van der Waals surface area contributed by atoms with Gasteiger partial charge < -0.3 is 10.9 Å². The summed E-state index contributed by atoms with van der Waals surface area (Å²) in [6.07, 6.45) is 4.85. The second-order valence-electron chi connectivity index (χ2n) is 2.67. The average Bonchev–Trinajstić information content (AvgIpc) is 2.21. The summed E-state index contributed by atoms with van der Waals surface area (Å²) < 4.78 is 0. The van der Waals surface area contributed by atoms with Crippen molar-refractivity contribution in [2.24, 2.45) is 10.9 Å². The Balaban J connectivity index is 2.69. The first-order valence-electron chi connectivity index (χ1n) is 4.20. The Morgan fingerprint density at radius 3 is 2.69 bits per heavy atom. The van der Waals surface area contributed by atoms with Crippen molar-refractivity contribution in [1.29, 1.82) is 0 Å². The van der Waals surface area contributed by atoms with E-state index in [0.29, 0.717) is 18.7 Å². The van der Waals surface area contributed by atoms with Gasteiger partial charge in [0, 0.05) is 18.0 Å². The van der Waals surface area contributed by atoms with Gasteiger partial charge in [-0.2, -0.15) is 0 Å². The van der Waals surface area contributed by atoms with Crippen LogP contribution in [0.5, 0.6) is 0 Å². The molecule has 1 heterocycles. The molecule has 0 aromatic carbocycles. The lowest BCUT2D eigenvalue weighted by atomic mass is 10.1. The van der Waals surface area contributed by atoms with Gasteiger partial charge in [-0.1, -0.05) is 5.16 Å².